The van der Waals surface area contributed by atoms with Crippen LogP contribution in [0.3, 0.4) is 0 Å². The summed E-state index contributed by atoms with van der Waals surface area (Å²) in [7, 11) is 0. The minimum absolute atomic E-state index is 0.134. The Balaban J connectivity index is 1.62. The third-order valence-electron chi connectivity index (χ3n) is 4.42. The average molecular weight is 368 g/mol. The molecule has 2 N–H and O–H groups in total. The van der Waals surface area contributed by atoms with Crippen molar-refractivity contribution < 1.29 is 4.74 Å². The largest absolute Gasteiger partial charge is 0.381 e. The number of aryl methyl sites for hydroxylation is 1. The molecule has 0 radical (unpaired) electrons. The summed E-state index contributed by atoms with van der Waals surface area (Å²) in [5, 5.41) is 23.6. The lowest BCUT2D eigenvalue weighted by molar-refractivity contribution is -0.0315. The number of anilines is 3. The van der Waals surface area contributed by atoms with Gasteiger partial charge in [0, 0.05) is 31.7 Å². The highest BCUT2D eigenvalue weighted by atomic mass is 16.5. The van der Waals surface area contributed by atoms with Gasteiger partial charge in [0.15, 0.2) is 11.5 Å². The Bertz CT molecular complexity index is 802. The van der Waals surface area contributed by atoms with Gasteiger partial charge in [-0.3, -0.25) is 4.90 Å². The number of ether oxygens (including phenoxy) is 1. The molecule has 9 nitrogen and oxygen atoms in total. The quantitative estimate of drug-likeness (QED) is 0.787. The molecule has 3 heterocycles. The van der Waals surface area contributed by atoms with E-state index >= 15 is 0 Å². The van der Waals surface area contributed by atoms with Crippen LogP contribution < -0.4 is 10.6 Å². The van der Waals surface area contributed by atoms with Gasteiger partial charge in [0.05, 0.1) is 36.5 Å². The van der Waals surface area contributed by atoms with Crippen molar-refractivity contribution in [2.75, 3.05) is 36.9 Å². The van der Waals surface area contributed by atoms with E-state index in [9.17, 15) is 0 Å². The fourth-order valence-electron chi connectivity index (χ4n) is 2.83. The van der Waals surface area contributed by atoms with Crippen LogP contribution in [0.25, 0.3) is 0 Å². The first-order chi connectivity index (χ1) is 13.0. The molecule has 0 amide bonds. The first-order valence-corrected chi connectivity index (χ1v) is 8.98. The minimum atomic E-state index is 0.134. The highest BCUT2D eigenvalue weighted by Gasteiger charge is 2.22. The molecule has 0 aromatic carbocycles. The summed E-state index contributed by atoms with van der Waals surface area (Å²) in [6.45, 7) is 9.66. The zero-order valence-corrected chi connectivity index (χ0v) is 15.8. The summed E-state index contributed by atoms with van der Waals surface area (Å²) in [6.07, 6.45) is 3.03. The first-order valence-electron chi connectivity index (χ1n) is 8.98. The average Bonchev–Trinajstić information content (AvgIpc) is 2.69. The molecule has 2 aromatic heterocycles. The van der Waals surface area contributed by atoms with Crippen LogP contribution in [0.4, 0.5) is 17.3 Å². The standard InChI is InChI=1S/C18H24N8O/c1-12(2)26-4-5-27-15(11-26)9-21-16-6-17(25-24-13(16)3)23-18-10-20-14(7-19)8-22-18/h6,8,10,12,15H,4-5,9,11H2,1-3H3,(H2,21,22,23,25). The molecule has 0 spiro atoms. The summed E-state index contributed by atoms with van der Waals surface area (Å²) in [5.41, 5.74) is 1.96. The fourth-order valence-corrected chi connectivity index (χ4v) is 2.83. The van der Waals surface area contributed by atoms with Crippen molar-refractivity contribution in [3.05, 3.63) is 29.8 Å². The summed E-state index contributed by atoms with van der Waals surface area (Å²) in [6, 6.07) is 4.34. The molecule has 9 heteroatoms. The second kappa shape index (κ2) is 8.70. The van der Waals surface area contributed by atoms with Gasteiger partial charge in [0.2, 0.25) is 0 Å². The van der Waals surface area contributed by atoms with Gasteiger partial charge in [0.25, 0.3) is 0 Å². The van der Waals surface area contributed by atoms with Crippen LogP contribution in [0.1, 0.15) is 25.2 Å². The van der Waals surface area contributed by atoms with Crippen LogP contribution in [0.2, 0.25) is 0 Å². The third kappa shape index (κ3) is 5.09. The lowest BCUT2D eigenvalue weighted by Crippen LogP contribution is -2.48. The molecule has 0 bridgehead atoms. The Labute approximate surface area is 158 Å². The lowest BCUT2D eigenvalue weighted by atomic mass is 10.2. The zero-order chi connectivity index (χ0) is 19.2. The van der Waals surface area contributed by atoms with Crippen LogP contribution in [-0.4, -0.2) is 63.5 Å². The molecule has 1 unspecified atom stereocenters. The van der Waals surface area contributed by atoms with E-state index < -0.39 is 0 Å². The van der Waals surface area contributed by atoms with Gasteiger partial charge in [-0.15, -0.1) is 5.10 Å². The Hall–Kier alpha value is -2.83. The van der Waals surface area contributed by atoms with Gasteiger partial charge in [-0.1, -0.05) is 0 Å². The highest BCUT2D eigenvalue weighted by Crippen LogP contribution is 2.19. The molecule has 27 heavy (non-hydrogen) atoms. The number of nitrogens with zero attached hydrogens (tertiary/aromatic N) is 6. The minimum Gasteiger partial charge on any atom is -0.381 e. The van der Waals surface area contributed by atoms with Gasteiger partial charge in [0.1, 0.15) is 11.9 Å². The summed E-state index contributed by atoms with van der Waals surface area (Å²) < 4.78 is 5.87. The zero-order valence-electron chi connectivity index (χ0n) is 15.8. The number of morpholine rings is 1. The molecule has 2 aromatic rings. The molecule has 3 rings (SSSR count). The second-order valence-corrected chi connectivity index (χ2v) is 6.71. The number of nitriles is 1. The number of nitrogens with one attached hydrogen (secondary N) is 2. The Morgan fingerprint density at radius 1 is 1.30 bits per heavy atom. The maximum absolute atomic E-state index is 8.78. The van der Waals surface area contributed by atoms with Crippen molar-refractivity contribution >= 4 is 17.3 Å². The van der Waals surface area contributed by atoms with E-state index in [-0.39, 0.29) is 11.8 Å². The number of rotatable bonds is 6. The maximum Gasteiger partial charge on any atom is 0.158 e. The van der Waals surface area contributed by atoms with E-state index in [2.05, 4.69) is 49.5 Å². The fraction of sp³-hybridized carbons (Fsp3) is 0.500. The van der Waals surface area contributed by atoms with E-state index in [0.717, 1.165) is 31.1 Å². The molecule has 0 aliphatic carbocycles. The maximum atomic E-state index is 8.78. The van der Waals surface area contributed by atoms with Crippen LogP contribution in [0.15, 0.2) is 18.5 Å². The Kier molecular flexibility index (Phi) is 6.11. The van der Waals surface area contributed by atoms with Gasteiger partial charge in [-0.25, -0.2) is 9.97 Å². The summed E-state index contributed by atoms with van der Waals surface area (Å²) >= 11 is 0. The monoisotopic (exact) mass is 368 g/mol. The van der Waals surface area contributed by atoms with E-state index in [1.807, 2.05) is 19.1 Å². The predicted octanol–water partition coefficient (Wildman–Crippen LogP) is 1.71. The van der Waals surface area contributed by atoms with Crippen molar-refractivity contribution in [2.45, 2.75) is 32.9 Å². The molecular weight excluding hydrogens is 344 g/mol. The van der Waals surface area contributed by atoms with Gasteiger partial charge >= 0.3 is 0 Å². The molecule has 1 fully saturated rings. The molecule has 0 saturated carbocycles. The molecular formula is C18H24N8O. The van der Waals surface area contributed by atoms with Crippen LogP contribution in [-0.2, 0) is 4.74 Å². The molecule has 142 valence electrons. The molecule has 1 atom stereocenters. The van der Waals surface area contributed by atoms with E-state index in [4.69, 9.17) is 10.00 Å². The van der Waals surface area contributed by atoms with Crippen LogP contribution in [0.5, 0.6) is 0 Å². The van der Waals surface area contributed by atoms with Gasteiger partial charge < -0.3 is 15.4 Å². The van der Waals surface area contributed by atoms with E-state index in [0.29, 0.717) is 24.2 Å². The SMILES string of the molecule is Cc1nnc(Nc2cnc(C#N)cn2)cc1NCC1CN(C(C)C)CCO1. The van der Waals surface area contributed by atoms with Crippen molar-refractivity contribution in [1.29, 1.82) is 5.26 Å². The van der Waals surface area contributed by atoms with E-state index in [1.54, 1.807) is 0 Å². The van der Waals surface area contributed by atoms with Crippen molar-refractivity contribution in [3.63, 3.8) is 0 Å². The lowest BCUT2D eigenvalue weighted by Gasteiger charge is -2.35. The second-order valence-electron chi connectivity index (χ2n) is 6.71. The first kappa shape index (κ1) is 18.9. The number of aromatic nitrogens is 4. The Morgan fingerprint density at radius 3 is 2.85 bits per heavy atom. The van der Waals surface area contributed by atoms with Crippen LogP contribution >= 0.6 is 0 Å². The van der Waals surface area contributed by atoms with Gasteiger partial charge in [-0.2, -0.15) is 10.4 Å². The van der Waals surface area contributed by atoms with Crippen molar-refractivity contribution in [1.82, 2.24) is 25.1 Å². The van der Waals surface area contributed by atoms with Gasteiger partial charge in [-0.05, 0) is 20.8 Å². The summed E-state index contributed by atoms with van der Waals surface area (Å²) in [4.78, 5) is 10.5. The van der Waals surface area contributed by atoms with E-state index in [1.165, 1.54) is 12.4 Å². The highest BCUT2D eigenvalue weighted by molar-refractivity contribution is 5.59. The number of hydrogen-bond donors (Lipinski definition) is 2. The predicted molar refractivity (Wildman–Crippen MR) is 102 cm³/mol. The smallest absolute Gasteiger partial charge is 0.158 e. The normalized spacial score (nSPS) is 17.5. The Morgan fingerprint density at radius 2 is 2.15 bits per heavy atom. The van der Waals surface area contributed by atoms with Crippen molar-refractivity contribution in [2.24, 2.45) is 0 Å². The summed E-state index contributed by atoms with van der Waals surface area (Å²) in [5.74, 6) is 1.05. The third-order valence-corrected chi connectivity index (χ3v) is 4.42. The van der Waals surface area contributed by atoms with Crippen molar-refractivity contribution in [3.8, 4) is 6.07 Å². The molecule has 1 aliphatic rings. The topological polar surface area (TPSA) is 112 Å². The molecule has 1 aliphatic heterocycles. The number of hydrogen-bond acceptors (Lipinski definition) is 9. The van der Waals surface area contributed by atoms with Crippen LogP contribution in [0, 0.1) is 18.3 Å². The molecule has 1 saturated heterocycles.